The number of aryl methyl sites for hydroxylation is 1. The molecule has 1 aromatic heterocycles. The van der Waals surface area contributed by atoms with Crippen LogP contribution in [0.15, 0.2) is 71.0 Å². The van der Waals surface area contributed by atoms with Gasteiger partial charge in [-0.05, 0) is 49.8 Å². The smallest absolute Gasteiger partial charge is 0.155 e. The van der Waals surface area contributed by atoms with Crippen molar-refractivity contribution in [2.24, 2.45) is 0 Å². The van der Waals surface area contributed by atoms with Gasteiger partial charge in [0, 0.05) is 37.2 Å². The third-order valence-electron chi connectivity index (χ3n) is 7.23. The summed E-state index contributed by atoms with van der Waals surface area (Å²) in [5.41, 5.74) is 8.02. The molecule has 1 aliphatic heterocycles. The van der Waals surface area contributed by atoms with Gasteiger partial charge in [-0.15, -0.1) is 5.56 Å². The van der Waals surface area contributed by atoms with Crippen LogP contribution in [0.3, 0.4) is 0 Å². The second-order valence-corrected chi connectivity index (χ2v) is 10.2. The van der Waals surface area contributed by atoms with Crippen molar-refractivity contribution in [3.8, 4) is 0 Å². The van der Waals surface area contributed by atoms with E-state index >= 15 is 0 Å². The Balaban J connectivity index is 0.000000375. The molecule has 1 aliphatic carbocycles. The quantitative estimate of drug-likeness (QED) is 0.133. The molecular formula is C33H33IrNO3-2. The van der Waals surface area contributed by atoms with Crippen LogP contribution in [0.1, 0.15) is 85.7 Å². The Morgan fingerprint density at radius 2 is 1.82 bits per heavy atom. The SMILES string of the molecule is CC(=O)/C=C(/C)O.Cc1[c-]c(C2[N-]C=Cc3cc(C4CCCCC4)ccc32)c2oc3ccccc3c2c1.[Ir]. The van der Waals surface area contributed by atoms with Gasteiger partial charge in [-0.1, -0.05) is 85.7 Å². The number of nitrogens with zero attached hydrogens (tertiary/aromatic N) is 1. The van der Waals surface area contributed by atoms with Crippen LogP contribution in [-0.2, 0) is 24.9 Å². The molecule has 0 bridgehead atoms. The largest absolute Gasteiger partial charge is 0.682 e. The number of hydrogen-bond donors (Lipinski definition) is 1. The summed E-state index contributed by atoms with van der Waals surface area (Å²) < 4.78 is 6.31. The third-order valence-corrected chi connectivity index (χ3v) is 7.23. The van der Waals surface area contributed by atoms with Gasteiger partial charge in [0.2, 0.25) is 0 Å². The number of allylic oxidation sites excluding steroid dienone is 2. The van der Waals surface area contributed by atoms with Gasteiger partial charge in [0.05, 0.1) is 5.76 Å². The molecule has 1 N–H and O–H groups in total. The summed E-state index contributed by atoms with van der Waals surface area (Å²) in [6.45, 7) is 4.96. The number of fused-ring (bicyclic) bond motifs is 4. The van der Waals surface area contributed by atoms with Gasteiger partial charge in [-0.3, -0.25) is 4.79 Å². The number of benzene rings is 3. The second-order valence-electron chi connectivity index (χ2n) is 10.2. The molecule has 0 saturated heterocycles. The minimum Gasteiger partial charge on any atom is -0.682 e. The summed E-state index contributed by atoms with van der Waals surface area (Å²) in [5, 5.41) is 15.5. The molecule has 0 spiro atoms. The van der Waals surface area contributed by atoms with E-state index in [1.165, 1.54) is 68.7 Å². The minimum absolute atomic E-state index is 0. The topological polar surface area (TPSA) is 64.5 Å². The van der Waals surface area contributed by atoms with Crippen LogP contribution in [0.4, 0.5) is 0 Å². The Hall–Kier alpha value is -3.14. The predicted octanol–water partition coefficient (Wildman–Crippen LogP) is 9.22. The average molecular weight is 684 g/mol. The van der Waals surface area contributed by atoms with Crippen molar-refractivity contribution in [3.63, 3.8) is 0 Å². The van der Waals surface area contributed by atoms with Crippen LogP contribution in [0.2, 0.25) is 0 Å². The van der Waals surface area contributed by atoms with Crippen LogP contribution in [-0.4, -0.2) is 10.9 Å². The average Bonchev–Trinajstić information content (AvgIpc) is 3.26. The molecule has 2 heterocycles. The van der Waals surface area contributed by atoms with E-state index in [1.807, 2.05) is 18.3 Å². The number of carbonyl (C=O) groups is 1. The number of para-hydroxylation sites is 1. The van der Waals surface area contributed by atoms with E-state index in [2.05, 4.69) is 55.5 Å². The molecular weight excluding hydrogens is 651 g/mol. The van der Waals surface area contributed by atoms with Gasteiger partial charge >= 0.3 is 0 Å². The van der Waals surface area contributed by atoms with Crippen LogP contribution >= 0.6 is 0 Å². The molecule has 4 nitrogen and oxygen atoms in total. The zero-order valence-corrected chi connectivity index (χ0v) is 24.5. The third kappa shape index (κ3) is 5.95. The van der Waals surface area contributed by atoms with E-state index in [0.29, 0.717) is 5.92 Å². The maximum absolute atomic E-state index is 10.0. The number of aliphatic hydroxyl groups excluding tert-OH is 1. The summed E-state index contributed by atoms with van der Waals surface area (Å²) in [6.07, 6.45) is 12.0. The molecule has 38 heavy (non-hydrogen) atoms. The first kappa shape index (κ1) is 27.9. The molecule has 199 valence electrons. The van der Waals surface area contributed by atoms with E-state index in [0.717, 1.165) is 33.1 Å². The van der Waals surface area contributed by atoms with Crippen molar-refractivity contribution in [1.82, 2.24) is 0 Å². The van der Waals surface area contributed by atoms with Crippen molar-refractivity contribution in [3.05, 3.63) is 106 Å². The predicted molar refractivity (Wildman–Crippen MR) is 151 cm³/mol. The van der Waals surface area contributed by atoms with E-state index in [4.69, 9.17) is 14.8 Å². The first-order valence-corrected chi connectivity index (χ1v) is 13.1. The molecule has 6 rings (SSSR count). The number of furan rings is 1. The zero-order chi connectivity index (χ0) is 25.9. The van der Waals surface area contributed by atoms with Crippen molar-refractivity contribution in [2.45, 2.75) is 64.8 Å². The van der Waals surface area contributed by atoms with Crippen LogP contribution in [0.5, 0.6) is 0 Å². The Bertz CT molecular complexity index is 1500. The summed E-state index contributed by atoms with van der Waals surface area (Å²) in [5.74, 6) is 0.648. The molecule has 3 aromatic carbocycles. The van der Waals surface area contributed by atoms with Crippen molar-refractivity contribution in [2.75, 3.05) is 0 Å². The normalized spacial score (nSPS) is 17.2. The molecule has 1 fully saturated rings. The fourth-order valence-corrected chi connectivity index (χ4v) is 5.61. The number of rotatable bonds is 3. The van der Waals surface area contributed by atoms with Crippen molar-refractivity contribution < 1.29 is 34.4 Å². The van der Waals surface area contributed by atoms with E-state index in [9.17, 15) is 4.79 Å². The number of carbonyl (C=O) groups excluding carboxylic acids is 1. The maximum Gasteiger partial charge on any atom is 0.155 e. The Kier molecular flexibility index (Phi) is 8.91. The van der Waals surface area contributed by atoms with E-state index in [1.54, 1.807) is 0 Å². The fraction of sp³-hybridized carbons (Fsp3) is 0.303. The molecule has 1 radical (unpaired) electrons. The molecule has 4 aromatic rings. The molecule has 2 aliphatic rings. The molecule has 5 heteroatoms. The first-order chi connectivity index (χ1) is 17.9. The fourth-order valence-electron chi connectivity index (χ4n) is 5.61. The molecule has 1 atom stereocenters. The van der Waals surface area contributed by atoms with Gasteiger partial charge in [-0.2, -0.15) is 23.9 Å². The number of ketones is 1. The Labute approximate surface area is 238 Å². The van der Waals surface area contributed by atoms with Crippen LogP contribution < -0.4 is 0 Å². The van der Waals surface area contributed by atoms with E-state index in [-0.39, 0.29) is 37.7 Å². The molecule has 1 saturated carbocycles. The summed E-state index contributed by atoms with van der Waals surface area (Å²) in [6, 6.07) is 21.0. The van der Waals surface area contributed by atoms with Gasteiger partial charge in [0.1, 0.15) is 5.58 Å². The first-order valence-electron chi connectivity index (χ1n) is 13.1. The summed E-state index contributed by atoms with van der Waals surface area (Å²) in [4.78, 5) is 10.0. The number of aliphatic hydroxyl groups is 1. The van der Waals surface area contributed by atoms with Gasteiger partial charge in [-0.25, -0.2) is 0 Å². The maximum atomic E-state index is 10.0. The van der Waals surface area contributed by atoms with Crippen molar-refractivity contribution >= 4 is 33.8 Å². The van der Waals surface area contributed by atoms with Crippen molar-refractivity contribution in [1.29, 1.82) is 0 Å². The van der Waals surface area contributed by atoms with E-state index < -0.39 is 0 Å². The Morgan fingerprint density at radius 3 is 2.53 bits per heavy atom. The second kappa shape index (κ2) is 12.1. The van der Waals surface area contributed by atoms with Crippen LogP contribution in [0.25, 0.3) is 33.3 Å². The number of hydrogen-bond acceptors (Lipinski definition) is 3. The zero-order valence-electron chi connectivity index (χ0n) is 22.1. The summed E-state index contributed by atoms with van der Waals surface area (Å²) >= 11 is 0. The van der Waals surface area contributed by atoms with Gasteiger partial charge in [0.25, 0.3) is 0 Å². The Morgan fingerprint density at radius 1 is 1.05 bits per heavy atom. The monoisotopic (exact) mass is 684 g/mol. The van der Waals surface area contributed by atoms with Crippen LogP contribution in [0, 0.1) is 13.0 Å². The standard InChI is InChI=1S/C28H25NO.C5H8O2.Ir/c1-18-15-24-23-9-5-6-10-26(23)30-28(24)25(16-18)27-22-12-11-20(17-21(22)13-14-29-27)19-7-3-2-4-8-19;1-4(6)3-5(2)7;/h5-6,9-15,17,19,27H,2-4,7-8H2,1H3;3,6H,1-2H3;/q-2;;/b;4-3-;. The molecule has 0 amide bonds. The molecule has 1 unspecified atom stereocenters. The van der Waals surface area contributed by atoms with Gasteiger partial charge < -0.3 is 14.8 Å². The van der Waals surface area contributed by atoms with Gasteiger partial charge in [0.15, 0.2) is 5.78 Å². The minimum atomic E-state index is -0.125. The summed E-state index contributed by atoms with van der Waals surface area (Å²) in [7, 11) is 0.